The third-order valence-electron chi connectivity index (χ3n) is 4.35. The summed E-state index contributed by atoms with van der Waals surface area (Å²) in [5.41, 5.74) is 2.09. The van der Waals surface area contributed by atoms with Crippen LogP contribution in [0.3, 0.4) is 0 Å². The molecule has 2 aromatic carbocycles. The molecule has 0 spiro atoms. The van der Waals surface area contributed by atoms with Gasteiger partial charge in [0.05, 0.1) is 0 Å². The van der Waals surface area contributed by atoms with Crippen LogP contribution < -0.4 is 10.6 Å². The molecule has 1 fully saturated rings. The molecule has 1 unspecified atom stereocenters. The first-order valence-electron chi connectivity index (χ1n) is 8.18. The second kappa shape index (κ2) is 7.77. The van der Waals surface area contributed by atoms with Crippen molar-refractivity contribution >= 4 is 23.2 Å². The molecule has 0 aliphatic carbocycles. The molecule has 3 nitrogen and oxygen atoms in total. The maximum atomic E-state index is 13.7. The molecular formula is C19H20ClFN2O. The Kier molecular flexibility index (Phi) is 5.48. The average Bonchev–Trinajstić information content (AvgIpc) is 3.09. The number of hydrogen-bond acceptors (Lipinski definition) is 2. The molecule has 2 N–H and O–H groups in total. The molecule has 2 aromatic rings. The zero-order chi connectivity index (χ0) is 16.9. The number of rotatable bonds is 5. The van der Waals surface area contributed by atoms with Crippen molar-refractivity contribution < 1.29 is 9.18 Å². The molecule has 126 valence electrons. The number of amides is 1. The Morgan fingerprint density at radius 2 is 2.04 bits per heavy atom. The number of halogens is 2. The summed E-state index contributed by atoms with van der Waals surface area (Å²) in [6, 6.07) is 11.5. The van der Waals surface area contributed by atoms with Gasteiger partial charge in [-0.15, -0.1) is 0 Å². The number of hydrogen-bond donors (Lipinski definition) is 2. The summed E-state index contributed by atoms with van der Waals surface area (Å²) in [5.74, 6) is 0.193. The highest BCUT2D eigenvalue weighted by Crippen LogP contribution is 2.30. The first-order valence-corrected chi connectivity index (χ1v) is 8.55. The fourth-order valence-corrected chi connectivity index (χ4v) is 3.13. The standard InChI is InChI=1S/C19H20ClFN2O/c20-15-4-2-14(3-5-15)17-11-16(21)6-7-18(17)23-19(24)8-1-13-9-10-22-12-13/h2-7,11,13,22H,1,8-10,12H2,(H,23,24). The number of benzene rings is 2. The van der Waals surface area contributed by atoms with E-state index in [1.807, 2.05) is 12.1 Å². The Hall–Kier alpha value is -1.91. The number of anilines is 1. The van der Waals surface area contributed by atoms with Crippen LogP contribution in [0.2, 0.25) is 5.02 Å². The molecule has 3 rings (SSSR count). The normalized spacial score (nSPS) is 17.0. The van der Waals surface area contributed by atoms with Crippen LogP contribution in [0.1, 0.15) is 19.3 Å². The van der Waals surface area contributed by atoms with E-state index in [-0.39, 0.29) is 11.7 Å². The first-order chi connectivity index (χ1) is 11.6. The Morgan fingerprint density at radius 1 is 1.25 bits per heavy atom. The molecule has 24 heavy (non-hydrogen) atoms. The highest BCUT2D eigenvalue weighted by atomic mass is 35.5. The molecule has 0 aromatic heterocycles. The van der Waals surface area contributed by atoms with Crippen LogP contribution in [0.4, 0.5) is 10.1 Å². The molecule has 1 atom stereocenters. The maximum Gasteiger partial charge on any atom is 0.224 e. The summed E-state index contributed by atoms with van der Waals surface area (Å²) >= 11 is 5.91. The fraction of sp³-hybridized carbons (Fsp3) is 0.316. The molecule has 5 heteroatoms. The van der Waals surface area contributed by atoms with E-state index in [0.29, 0.717) is 28.6 Å². The smallest absolute Gasteiger partial charge is 0.224 e. The lowest BCUT2D eigenvalue weighted by molar-refractivity contribution is -0.116. The predicted molar refractivity (Wildman–Crippen MR) is 95.7 cm³/mol. The number of carbonyl (C=O) groups excluding carboxylic acids is 1. The van der Waals surface area contributed by atoms with Crippen molar-refractivity contribution in [2.45, 2.75) is 19.3 Å². The third kappa shape index (κ3) is 4.34. The summed E-state index contributed by atoms with van der Waals surface area (Å²) in [7, 11) is 0. The zero-order valence-electron chi connectivity index (χ0n) is 13.3. The van der Waals surface area contributed by atoms with Crippen LogP contribution in [0.25, 0.3) is 11.1 Å². The van der Waals surface area contributed by atoms with Crippen molar-refractivity contribution in [2.24, 2.45) is 5.92 Å². The molecule has 1 amide bonds. The molecule has 0 radical (unpaired) electrons. The van der Waals surface area contributed by atoms with E-state index in [2.05, 4.69) is 10.6 Å². The van der Waals surface area contributed by atoms with Gasteiger partial charge in [0.2, 0.25) is 5.91 Å². The van der Waals surface area contributed by atoms with Gasteiger partial charge in [0.15, 0.2) is 0 Å². The third-order valence-corrected chi connectivity index (χ3v) is 4.60. The summed E-state index contributed by atoms with van der Waals surface area (Å²) in [5, 5.41) is 6.84. The van der Waals surface area contributed by atoms with Crippen molar-refractivity contribution in [3.63, 3.8) is 0 Å². The summed E-state index contributed by atoms with van der Waals surface area (Å²) in [4.78, 5) is 12.2. The van der Waals surface area contributed by atoms with E-state index in [9.17, 15) is 9.18 Å². The number of carbonyl (C=O) groups is 1. The molecule has 1 aliphatic heterocycles. The lowest BCUT2D eigenvalue weighted by atomic mass is 10.0. The van der Waals surface area contributed by atoms with Gasteiger partial charge in [-0.2, -0.15) is 0 Å². The predicted octanol–water partition coefficient (Wildman–Crippen LogP) is 4.47. The average molecular weight is 347 g/mol. The van der Waals surface area contributed by atoms with Crippen molar-refractivity contribution in [3.8, 4) is 11.1 Å². The van der Waals surface area contributed by atoms with Gasteiger partial charge in [0.1, 0.15) is 5.82 Å². The molecular weight excluding hydrogens is 327 g/mol. The molecule has 0 saturated carbocycles. The quantitative estimate of drug-likeness (QED) is 0.838. The van der Waals surface area contributed by atoms with E-state index in [1.54, 1.807) is 18.2 Å². The van der Waals surface area contributed by atoms with Crippen LogP contribution in [0, 0.1) is 11.7 Å². The van der Waals surface area contributed by atoms with Crippen LogP contribution in [-0.4, -0.2) is 19.0 Å². The Bertz CT molecular complexity index is 712. The van der Waals surface area contributed by atoms with Gasteiger partial charge in [-0.25, -0.2) is 4.39 Å². The molecule has 1 aliphatic rings. The second-order valence-corrected chi connectivity index (χ2v) is 6.58. The lowest BCUT2D eigenvalue weighted by Gasteiger charge is -2.13. The van der Waals surface area contributed by atoms with Gasteiger partial charge in [-0.3, -0.25) is 4.79 Å². The maximum absolute atomic E-state index is 13.7. The van der Waals surface area contributed by atoms with Gasteiger partial charge >= 0.3 is 0 Å². The van der Waals surface area contributed by atoms with E-state index < -0.39 is 0 Å². The topological polar surface area (TPSA) is 41.1 Å². The number of nitrogens with one attached hydrogen (secondary N) is 2. The molecule has 1 heterocycles. The summed E-state index contributed by atoms with van der Waals surface area (Å²) in [6.07, 6.45) is 2.47. The van der Waals surface area contributed by atoms with Crippen molar-refractivity contribution in [1.82, 2.24) is 5.32 Å². The van der Waals surface area contributed by atoms with Crippen LogP contribution in [-0.2, 0) is 4.79 Å². The minimum atomic E-state index is -0.338. The van der Waals surface area contributed by atoms with E-state index in [4.69, 9.17) is 11.6 Å². The van der Waals surface area contributed by atoms with Gasteiger partial charge in [0.25, 0.3) is 0 Å². The minimum Gasteiger partial charge on any atom is -0.326 e. The Labute approximate surface area is 146 Å². The van der Waals surface area contributed by atoms with Crippen molar-refractivity contribution in [2.75, 3.05) is 18.4 Å². The summed E-state index contributed by atoms with van der Waals surface area (Å²) in [6.45, 7) is 2.02. The summed E-state index contributed by atoms with van der Waals surface area (Å²) < 4.78 is 13.7. The van der Waals surface area contributed by atoms with E-state index >= 15 is 0 Å². The highest BCUT2D eigenvalue weighted by molar-refractivity contribution is 6.30. The highest BCUT2D eigenvalue weighted by Gasteiger charge is 2.16. The van der Waals surface area contributed by atoms with Crippen LogP contribution in [0.5, 0.6) is 0 Å². The second-order valence-electron chi connectivity index (χ2n) is 6.14. The van der Waals surface area contributed by atoms with Crippen molar-refractivity contribution in [3.05, 3.63) is 53.3 Å². The fourth-order valence-electron chi connectivity index (χ4n) is 3.00. The Morgan fingerprint density at radius 3 is 2.75 bits per heavy atom. The van der Waals surface area contributed by atoms with E-state index in [0.717, 1.165) is 31.5 Å². The van der Waals surface area contributed by atoms with Crippen molar-refractivity contribution in [1.29, 1.82) is 0 Å². The SMILES string of the molecule is O=C(CCC1CCNC1)Nc1ccc(F)cc1-c1ccc(Cl)cc1. The van der Waals surface area contributed by atoms with Crippen LogP contribution >= 0.6 is 11.6 Å². The van der Waals surface area contributed by atoms with Gasteiger partial charge in [-0.05, 0) is 67.7 Å². The first kappa shape index (κ1) is 16.9. The van der Waals surface area contributed by atoms with Gasteiger partial charge in [-0.1, -0.05) is 23.7 Å². The lowest BCUT2D eigenvalue weighted by Crippen LogP contribution is -2.15. The largest absolute Gasteiger partial charge is 0.326 e. The zero-order valence-corrected chi connectivity index (χ0v) is 14.1. The molecule has 1 saturated heterocycles. The Balaban J connectivity index is 1.72. The van der Waals surface area contributed by atoms with Crippen LogP contribution in [0.15, 0.2) is 42.5 Å². The minimum absolute atomic E-state index is 0.0382. The molecule has 0 bridgehead atoms. The van der Waals surface area contributed by atoms with Gasteiger partial charge in [0, 0.05) is 22.7 Å². The monoisotopic (exact) mass is 346 g/mol. The van der Waals surface area contributed by atoms with Gasteiger partial charge < -0.3 is 10.6 Å². The van der Waals surface area contributed by atoms with E-state index in [1.165, 1.54) is 12.1 Å².